The summed E-state index contributed by atoms with van der Waals surface area (Å²) in [5, 5.41) is 11.4. The molecular weight excluding hydrogens is 348 g/mol. The molecule has 0 saturated carbocycles. The average Bonchev–Trinajstić information content (AvgIpc) is 3.06. The zero-order valence-corrected chi connectivity index (χ0v) is 16.9. The highest BCUT2D eigenvalue weighted by Gasteiger charge is 2.12. The molecule has 0 radical (unpaired) electrons. The van der Waals surface area contributed by atoms with E-state index in [0.717, 1.165) is 23.0 Å². The number of allylic oxidation sites excluding steroid dienone is 3. The minimum Gasteiger partial charge on any atom is -0.298 e. The van der Waals surface area contributed by atoms with Gasteiger partial charge in [-0.1, -0.05) is 53.6 Å². The monoisotopic (exact) mass is 372 g/mol. The third kappa shape index (κ3) is 3.98. The van der Waals surface area contributed by atoms with Crippen LogP contribution in [0.15, 0.2) is 48.6 Å². The van der Waals surface area contributed by atoms with Crippen LogP contribution in [-0.4, -0.2) is 26.5 Å². The van der Waals surface area contributed by atoms with E-state index in [0.29, 0.717) is 11.4 Å². The summed E-state index contributed by atoms with van der Waals surface area (Å²) in [6.45, 7) is 8.39. The molecule has 2 aromatic carbocycles. The summed E-state index contributed by atoms with van der Waals surface area (Å²) in [4.78, 5) is 11.7. The number of carbonyl (C=O) groups excluding carboxylic acids is 1. The molecule has 0 atom stereocenters. The summed E-state index contributed by atoms with van der Waals surface area (Å²) in [5.74, 6) is 0.437. The van der Waals surface area contributed by atoms with Crippen LogP contribution in [-0.2, 0) is 11.8 Å². The topological polar surface area (TPSA) is 60.7 Å². The van der Waals surface area contributed by atoms with Gasteiger partial charge < -0.3 is 0 Å². The van der Waals surface area contributed by atoms with Gasteiger partial charge in [0.2, 0.25) is 0 Å². The van der Waals surface area contributed by atoms with Crippen LogP contribution in [0.1, 0.15) is 39.2 Å². The van der Waals surface area contributed by atoms with Gasteiger partial charge in [-0.15, -0.1) is 5.10 Å². The number of carbonyl (C=O) groups is 1. The Bertz CT molecular complexity index is 1040. The van der Waals surface area contributed by atoms with Gasteiger partial charge in [0, 0.05) is 7.05 Å². The third-order valence-electron chi connectivity index (χ3n) is 4.78. The van der Waals surface area contributed by atoms with Gasteiger partial charge in [0.25, 0.3) is 0 Å². The van der Waals surface area contributed by atoms with E-state index in [1.165, 1.54) is 26.9 Å². The number of hydrogen-bond donors (Lipinski definition) is 0. The van der Waals surface area contributed by atoms with Crippen LogP contribution in [0, 0.1) is 27.7 Å². The zero-order valence-electron chi connectivity index (χ0n) is 16.9. The number of aldehydes is 1. The van der Waals surface area contributed by atoms with Crippen LogP contribution in [0.3, 0.4) is 0 Å². The Hall–Kier alpha value is -3.34. The van der Waals surface area contributed by atoms with E-state index in [1.54, 1.807) is 13.1 Å². The summed E-state index contributed by atoms with van der Waals surface area (Å²) in [7, 11) is 1.71. The zero-order chi connectivity index (χ0) is 20.3. The summed E-state index contributed by atoms with van der Waals surface area (Å²) in [6.07, 6.45) is 4.55. The molecule has 0 fully saturated rings. The number of hydrogen-bond acceptors (Lipinski definition) is 4. The Morgan fingerprint density at radius 2 is 1.46 bits per heavy atom. The van der Waals surface area contributed by atoms with Crippen molar-refractivity contribution >= 4 is 17.4 Å². The van der Waals surface area contributed by atoms with Crippen LogP contribution >= 0.6 is 0 Å². The molecule has 0 saturated heterocycles. The van der Waals surface area contributed by atoms with Crippen molar-refractivity contribution in [2.24, 2.45) is 7.05 Å². The second-order valence-electron chi connectivity index (χ2n) is 7.08. The fourth-order valence-electron chi connectivity index (χ4n) is 3.37. The van der Waals surface area contributed by atoms with Crippen molar-refractivity contribution < 1.29 is 4.79 Å². The number of rotatable bonds is 5. The molecule has 0 aliphatic rings. The first-order chi connectivity index (χ1) is 13.4. The SMILES string of the molecule is Cc1ccc(C(=C/C=C(/C=O)c2nnnn2C)c2ccc(C)cc2C)c(C)c1. The molecule has 3 aromatic rings. The lowest BCUT2D eigenvalue weighted by atomic mass is 9.89. The van der Waals surface area contributed by atoms with E-state index < -0.39 is 0 Å². The number of tetrazole rings is 1. The molecule has 28 heavy (non-hydrogen) atoms. The lowest BCUT2D eigenvalue weighted by molar-refractivity contribution is -0.103. The molecular formula is C23H24N4O. The van der Waals surface area contributed by atoms with Crippen molar-refractivity contribution in [2.75, 3.05) is 0 Å². The summed E-state index contributed by atoms with van der Waals surface area (Å²) >= 11 is 0. The number of nitrogens with zero attached hydrogens (tertiary/aromatic N) is 4. The highest BCUT2D eigenvalue weighted by molar-refractivity contribution is 6.06. The normalized spacial score (nSPS) is 11.4. The van der Waals surface area contributed by atoms with Gasteiger partial charge in [0.15, 0.2) is 12.1 Å². The lowest BCUT2D eigenvalue weighted by Gasteiger charge is -2.15. The minimum absolute atomic E-state index is 0.430. The van der Waals surface area contributed by atoms with E-state index in [9.17, 15) is 4.79 Å². The molecule has 5 heteroatoms. The first kappa shape index (κ1) is 19.4. The van der Waals surface area contributed by atoms with Crippen LogP contribution in [0.4, 0.5) is 0 Å². The second kappa shape index (κ2) is 8.13. The summed E-state index contributed by atoms with van der Waals surface area (Å²) < 4.78 is 1.49. The smallest absolute Gasteiger partial charge is 0.185 e. The van der Waals surface area contributed by atoms with Gasteiger partial charge in [-0.3, -0.25) is 4.79 Å². The number of aromatic nitrogens is 4. The summed E-state index contributed by atoms with van der Waals surface area (Å²) in [5.41, 5.74) is 8.57. The largest absolute Gasteiger partial charge is 0.298 e. The molecule has 0 amide bonds. The Morgan fingerprint density at radius 3 is 1.89 bits per heavy atom. The van der Waals surface area contributed by atoms with Crippen LogP contribution in [0.2, 0.25) is 0 Å². The van der Waals surface area contributed by atoms with Crippen molar-refractivity contribution in [2.45, 2.75) is 27.7 Å². The van der Waals surface area contributed by atoms with Crippen LogP contribution in [0.25, 0.3) is 11.1 Å². The van der Waals surface area contributed by atoms with Gasteiger partial charge >= 0.3 is 0 Å². The molecule has 3 rings (SSSR count). The molecule has 1 aromatic heterocycles. The molecule has 142 valence electrons. The number of aryl methyl sites for hydroxylation is 5. The average molecular weight is 372 g/mol. The van der Waals surface area contributed by atoms with Gasteiger partial charge in [0.1, 0.15) is 0 Å². The Morgan fingerprint density at radius 1 is 0.893 bits per heavy atom. The van der Waals surface area contributed by atoms with Crippen molar-refractivity contribution in [3.05, 3.63) is 87.8 Å². The first-order valence-electron chi connectivity index (χ1n) is 9.16. The highest BCUT2D eigenvalue weighted by atomic mass is 16.1. The fraction of sp³-hybridized carbons (Fsp3) is 0.217. The summed E-state index contributed by atoms with van der Waals surface area (Å²) in [6, 6.07) is 12.8. The van der Waals surface area contributed by atoms with E-state index in [4.69, 9.17) is 0 Å². The molecule has 0 spiro atoms. The van der Waals surface area contributed by atoms with Gasteiger partial charge in [-0.05, 0) is 72.0 Å². The number of benzene rings is 2. The van der Waals surface area contributed by atoms with E-state index in [2.05, 4.69) is 79.6 Å². The van der Waals surface area contributed by atoms with Crippen molar-refractivity contribution in [1.29, 1.82) is 0 Å². The predicted molar refractivity (Wildman–Crippen MR) is 112 cm³/mol. The molecule has 0 aliphatic heterocycles. The van der Waals surface area contributed by atoms with Crippen molar-refractivity contribution in [1.82, 2.24) is 20.2 Å². The molecule has 0 bridgehead atoms. The first-order valence-corrected chi connectivity index (χ1v) is 9.16. The molecule has 0 N–H and O–H groups in total. The second-order valence-corrected chi connectivity index (χ2v) is 7.08. The van der Waals surface area contributed by atoms with Gasteiger partial charge in [-0.25, -0.2) is 4.68 Å². The Balaban J connectivity index is 2.21. The predicted octanol–water partition coefficient (Wildman–Crippen LogP) is 4.16. The highest BCUT2D eigenvalue weighted by Crippen LogP contribution is 2.30. The maximum atomic E-state index is 11.7. The molecule has 5 nitrogen and oxygen atoms in total. The standard InChI is InChI=1S/C23H24N4O/c1-15-6-9-20(17(3)12-15)22(21-10-7-16(2)13-18(21)4)11-8-19(14-28)23-24-25-26-27(23)5/h6-14H,1-5H3/b19-8-. The van der Waals surface area contributed by atoms with E-state index in [-0.39, 0.29) is 0 Å². The molecule has 1 heterocycles. The van der Waals surface area contributed by atoms with Gasteiger partial charge in [-0.2, -0.15) is 0 Å². The van der Waals surface area contributed by atoms with Crippen molar-refractivity contribution in [3.8, 4) is 0 Å². The fourth-order valence-corrected chi connectivity index (χ4v) is 3.37. The lowest BCUT2D eigenvalue weighted by Crippen LogP contribution is -2.00. The minimum atomic E-state index is 0.430. The third-order valence-corrected chi connectivity index (χ3v) is 4.78. The molecule has 0 aliphatic carbocycles. The molecule has 0 unspecified atom stereocenters. The quantitative estimate of drug-likeness (QED) is 0.383. The van der Waals surface area contributed by atoms with E-state index >= 15 is 0 Å². The van der Waals surface area contributed by atoms with Crippen LogP contribution in [0.5, 0.6) is 0 Å². The maximum absolute atomic E-state index is 11.7. The Kier molecular flexibility index (Phi) is 5.64. The van der Waals surface area contributed by atoms with Gasteiger partial charge in [0.05, 0.1) is 5.57 Å². The maximum Gasteiger partial charge on any atom is 0.185 e. The van der Waals surface area contributed by atoms with Crippen molar-refractivity contribution in [3.63, 3.8) is 0 Å². The van der Waals surface area contributed by atoms with E-state index in [1.807, 2.05) is 6.08 Å². The Labute approximate surface area is 165 Å². The van der Waals surface area contributed by atoms with Crippen LogP contribution < -0.4 is 0 Å².